The van der Waals surface area contributed by atoms with E-state index in [0.29, 0.717) is 35.1 Å². The molecule has 0 spiro atoms. The van der Waals surface area contributed by atoms with Crippen molar-refractivity contribution in [3.63, 3.8) is 0 Å². The van der Waals surface area contributed by atoms with Crippen molar-refractivity contribution in [2.24, 2.45) is 0 Å². The smallest absolute Gasteiger partial charge is 0.232 e. The van der Waals surface area contributed by atoms with Crippen LogP contribution in [0.15, 0.2) is 21.6 Å². The van der Waals surface area contributed by atoms with E-state index in [1.165, 1.54) is 6.39 Å². The Hall–Kier alpha value is -1.70. The van der Waals surface area contributed by atoms with Crippen LogP contribution in [0.2, 0.25) is 0 Å². The number of rotatable bonds is 5. The zero-order valence-electron chi connectivity index (χ0n) is 9.05. The molecular weight excluding hydrogens is 290 g/mol. The number of anilines is 1. The Kier molecular flexibility index (Phi) is 3.86. The van der Waals surface area contributed by atoms with E-state index in [2.05, 4.69) is 45.9 Å². The quantitative estimate of drug-likeness (QED) is 0.890. The maximum absolute atomic E-state index is 5.06. The fourth-order valence-electron chi connectivity index (χ4n) is 1.17. The molecule has 90 valence electrons. The summed E-state index contributed by atoms with van der Waals surface area (Å²) in [5.74, 6) is 1.62. The maximum Gasteiger partial charge on any atom is 0.232 e. The van der Waals surface area contributed by atoms with Crippen LogP contribution in [-0.2, 0) is 6.42 Å². The van der Waals surface area contributed by atoms with Crippen molar-refractivity contribution in [1.29, 1.82) is 0 Å². The van der Waals surface area contributed by atoms with Crippen LogP contribution in [0.4, 0.5) is 5.95 Å². The summed E-state index contributed by atoms with van der Waals surface area (Å²) in [4.78, 5) is 12.2. The Balaban J connectivity index is 1.90. The molecule has 1 N–H and O–H groups in total. The molecule has 0 unspecified atom stereocenters. The number of aromatic nitrogens is 4. The second-order valence-electron chi connectivity index (χ2n) is 3.08. The molecule has 0 aliphatic heterocycles. The highest BCUT2D eigenvalue weighted by atomic mass is 79.9. The van der Waals surface area contributed by atoms with Crippen LogP contribution in [0.25, 0.3) is 0 Å². The van der Waals surface area contributed by atoms with Crippen molar-refractivity contribution >= 4 is 21.9 Å². The number of halogens is 1. The summed E-state index contributed by atoms with van der Waals surface area (Å²) < 4.78 is 10.4. The Morgan fingerprint density at radius 1 is 1.47 bits per heavy atom. The van der Waals surface area contributed by atoms with Crippen molar-refractivity contribution in [1.82, 2.24) is 20.1 Å². The average Bonchev–Trinajstić information content (AvgIpc) is 2.84. The first kappa shape index (κ1) is 11.8. The van der Waals surface area contributed by atoms with Crippen molar-refractivity contribution < 1.29 is 9.26 Å². The van der Waals surface area contributed by atoms with Crippen LogP contribution >= 0.6 is 15.9 Å². The molecule has 0 aliphatic rings. The molecular formula is C9H10BrN5O2. The molecule has 0 saturated heterocycles. The number of methoxy groups -OCH3 is 1. The molecule has 0 radical (unpaired) electrons. The van der Waals surface area contributed by atoms with Crippen LogP contribution in [-0.4, -0.2) is 33.8 Å². The van der Waals surface area contributed by atoms with E-state index in [9.17, 15) is 0 Å². The van der Waals surface area contributed by atoms with Gasteiger partial charge in [0.2, 0.25) is 18.2 Å². The van der Waals surface area contributed by atoms with E-state index in [1.807, 2.05) is 0 Å². The van der Waals surface area contributed by atoms with Gasteiger partial charge in [-0.15, -0.1) is 0 Å². The molecule has 2 aromatic rings. The molecule has 2 rings (SSSR count). The summed E-state index contributed by atoms with van der Waals surface area (Å²) in [7, 11) is 1.55. The first-order chi connectivity index (χ1) is 8.29. The van der Waals surface area contributed by atoms with Gasteiger partial charge in [0.25, 0.3) is 0 Å². The molecule has 0 saturated carbocycles. The average molecular weight is 300 g/mol. The van der Waals surface area contributed by atoms with Gasteiger partial charge >= 0.3 is 0 Å². The first-order valence-corrected chi connectivity index (χ1v) is 5.64. The maximum atomic E-state index is 5.06. The van der Waals surface area contributed by atoms with Gasteiger partial charge in [0.05, 0.1) is 17.8 Å². The van der Waals surface area contributed by atoms with Crippen molar-refractivity contribution in [2.45, 2.75) is 6.42 Å². The topological polar surface area (TPSA) is 86.0 Å². The van der Waals surface area contributed by atoms with Crippen LogP contribution in [0, 0.1) is 0 Å². The number of nitrogens with zero attached hydrogens (tertiary/aromatic N) is 4. The first-order valence-electron chi connectivity index (χ1n) is 4.85. The lowest BCUT2D eigenvalue weighted by molar-refractivity contribution is 0.394. The lowest BCUT2D eigenvalue weighted by Crippen LogP contribution is -2.09. The molecule has 0 atom stereocenters. The highest BCUT2D eigenvalue weighted by Gasteiger charge is 2.05. The van der Waals surface area contributed by atoms with E-state index in [1.54, 1.807) is 13.3 Å². The third-order valence-corrected chi connectivity index (χ3v) is 2.49. The number of hydrogen-bond donors (Lipinski definition) is 1. The van der Waals surface area contributed by atoms with Crippen LogP contribution in [0.1, 0.15) is 5.82 Å². The Morgan fingerprint density at radius 2 is 2.35 bits per heavy atom. The summed E-state index contributed by atoms with van der Waals surface area (Å²) in [5, 5.41) is 6.74. The summed E-state index contributed by atoms with van der Waals surface area (Å²) in [6, 6.07) is 0. The van der Waals surface area contributed by atoms with Crippen LogP contribution in [0.5, 0.6) is 5.88 Å². The summed E-state index contributed by atoms with van der Waals surface area (Å²) in [5.41, 5.74) is 0. The van der Waals surface area contributed by atoms with Gasteiger partial charge in [0.1, 0.15) is 0 Å². The molecule has 2 heterocycles. The lowest BCUT2D eigenvalue weighted by atomic mass is 10.4. The fraction of sp³-hybridized carbons (Fsp3) is 0.333. The van der Waals surface area contributed by atoms with Gasteiger partial charge in [0, 0.05) is 13.0 Å². The highest BCUT2D eigenvalue weighted by Crippen LogP contribution is 2.21. The molecule has 7 nitrogen and oxygen atoms in total. The molecule has 0 aromatic carbocycles. The Morgan fingerprint density at radius 3 is 3.06 bits per heavy atom. The molecule has 0 amide bonds. The van der Waals surface area contributed by atoms with Gasteiger partial charge < -0.3 is 14.6 Å². The third-order valence-electron chi connectivity index (χ3n) is 1.94. The van der Waals surface area contributed by atoms with Crippen LogP contribution < -0.4 is 10.1 Å². The largest absolute Gasteiger partial charge is 0.480 e. The van der Waals surface area contributed by atoms with Gasteiger partial charge in [0.15, 0.2) is 5.82 Å². The van der Waals surface area contributed by atoms with E-state index in [-0.39, 0.29) is 0 Å². The Bertz CT molecular complexity index is 476. The fourth-order valence-corrected chi connectivity index (χ4v) is 1.52. The van der Waals surface area contributed by atoms with Crippen molar-refractivity contribution in [3.05, 3.63) is 22.9 Å². The van der Waals surface area contributed by atoms with Crippen molar-refractivity contribution in [3.8, 4) is 5.88 Å². The van der Waals surface area contributed by atoms with E-state index in [0.717, 1.165) is 0 Å². The zero-order chi connectivity index (χ0) is 12.1. The summed E-state index contributed by atoms with van der Waals surface area (Å²) >= 11 is 3.28. The van der Waals surface area contributed by atoms with Gasteiger partial charge in [-0.25, -0.2) is 4.98 Å². The molecule has 0 fully saturated rings. The van der Waals surface area contributed by atoms with E-state index in [4.69, 9.17) is 4.74 Å². The summed E-state index contributed by atoms with van der Waals surface area (Å²) in [6.45, 7) is 0.615. The van der Waals surface area contributed by atoms with Crippen LogP contribution in [0.3, 0.4) is 0 Å². The summed E-state index contributed by atoms with van der Waals surface area (Å²) in [6.07, 6.45) is 3.56. The second kappa shape index (κ2) is 5.58. The zero-order valence-corrected chi connectivity index (χ0v) is 10.6. The predicted molar refractivity (Wildman–Crippen MR) is 62.8 cm³/mol. The number of nitrogens with one attached hydrogen (secondary N) is 1. The molecule has 17 heavy (non-hydrogen) atoms. The molecule has 8 heteroatoms. The highest BCUT2D eigenvalue weighted by molar-refractivity contribution is 9.10. The van der Waals surface area contributed by atoms with Crippen molar-refractivity contribution in [2.75, 3.05) is 19.0 Å². The number of hydrogen-bond acceptors (Lipinski definition) is 7. The van der Waals surface area contributed by atoms with Gasteiger partial charge in [-0.2, -0.15) is 9.97 Å². The second-order valence-corrected chi connectivity index (χ2v) is 3.93. The molecule has 0 aliphatic carbocycles. The minimum absolute atomic E-state index is 0.488. The minimum Gasteiger partial charge on any atom is -0.480 e. The monoisotopic (exact) mass is 299 g/mol. The van der Waals surface area contributed by atoms with Gasteiger partial charge in [-0.1, -0.05) is 5.16 Å². The Labute approximate surface area is 106 Å². The lowest BCUT2D eigenvalue weighted by Gasteiger charge is -2.05. The van der Waals surface area contributed by atoms with Gasteiger partial charge in [-0.05, 0) is 15.9 Å². The molecule has 2 aromatic heterocycles. The van der Waals surface area contributed by atoms with E-state index >= 15 is 0 Å². The third kappa shape index (κ3) is 3.13. The van der Waals surface area contributed by atoms with Gasteiger partial charge in [-0.3, -0.25) is 0 Å². The normalized spacial score (nSPS) is 10.2. The standard InChI is InChI=1S/C9H10BrN5O2/c1-16-8-6(10)4-12-9(14-8)11-3-2-7-13-5-17-15-7/h4-5H,2-3H2,1H3,(H,11,12,14). The SMILES string of the molecule is COc1nc(NCCc2ncon2)ncc1Br. The minimum atomic E-state index is 0.488. The van der Waals surface area contributed by atoms with E-state index < -0.39 is 0 Å². The number of ether oxygens (including phenoxy) is 1. The predicted octanol–water partition coefficient (Wildman–Crippen LogP) is 1.29. The molecule has 0 bridgehead atoms.